The fourth-order valence-electron chi connectivity index (χ4n) is 4.72. The first-order valence-corrected chi connectivity index (χ1v) is 12.3. The number of rotatable bonds is 4. The Bertz CT molecular complexity index is 1130. The van der Waals surface area contributed by atoms with Gasteiger partial charge in [-0.05, 0) is 30.5 Å². The van der Waals surface area contributed by atoms with Gasteiger partial charge in [0.2, 0.25) is 11.8 Å². The predicted molar refractivity (Wildman–Crippen MR) is 127 cm³/mol. The van der Waals surface area contributed by atoms with E-state index in [2.05, 4.69) is 5.32 Å². The number of aromatic nitrogens is 1. The lowest BCUT2D eigenvalue weighted by atomic mass is 9.94. The zero-order valence-electron chi connectivity index (χ0n) is 18.0. The molecule has 0 saturated heterocycles. The highest BCUT2D eigenvalue weighted by Crippen LogP contribution is 2.37. The highest BCUT2D eigenvalue weighted by molar-refractivity contribution is 8.00. The van der Waals surface area contributed by atoms with E-state index < -0.39 is 6.04 Å². The molecule has 5 nitrogen and oxygen atoms in total. The van der Waals surface area contributed by atoms with E-state index in [4.69, 9.17) is 4.98 Å². The van der Waals surface area contributed by atoms with Crippen LogP contribution in [0.3, 0.4) is 0 Å². The van der Waals surface area contributed by atoms with Gasteiger partial charge in [-0.3, -0.25) is 9.59 Å². The van der Waals surface area contributed by atoms with Gasteiger partial charge in [-0.25, -0.2) is 4.98 Å². The molecule has 2 amide bonds. The minimum absolute atomic E-state index is 0.0373. The number of nitrogens with one attached hydrogen (secondary N) is 1. The molecule has 2 aromatic carbocycles. The molecule has 164 valence electrons. The maximum atomic E-state index is 13.7. The third-order valence-electron chi connectivity index (χ3n) is 6.37. The van der Waals surface area contributed by atoms with E-state index in [1.54, 1.807) is 4.90 Å². The van der Waals surface area contributed by atoms with E-state index in [-0.39, 0.29) is 23.6 Å². The van der Waals surface area contributed by atoms with Crippen molar-refractivity contribution >= 4 is 34.5 Å². The number of benzene rings is 2. The summed E-state index contributed by atoms with van der Waals surface area (Å²) in [6.07, 6.45) is 5.51. The van der Waals surface area contributed by atoms with Gasteiger partial charge in [0.25, 0.3) is 0 Å². The molecule has 0 spiro atoms. The van der Waals surface area contributed by atoms with Gasteiger partial charge in [0.1, 0.15) is 11.1 Å². The predicted octanol–water partition coefficient (Wildman–Crippen LogP) is 4.86. The molecule has 5 rings (SSSR count). The highest BCUT2D eigenvalue weighted by Gasteiger charge is 2.37. The third kappa shape index (κ3) is 4.37. The van der Waals surface area contributed by atoms with Crippen LogP contribution in [0.25, 0.3) is 10.9 Å². The summed E-state index contributed by atoms with van der Waals surface area (Å²) in [5, 5.41) is 5.03. The monoisotopic (exact) mass is 445 g/mol. The van der Waals surface area contributed by atoms with Crippen LogP contribution >= 0.6 is 11.8 Å². The summed E-state index contributed by atoms with van der Waals surface area (Å²) >= 11 is 1.43. The standard InChI is InChI=1S/C26H27N3O2S/c30-23-17-32-26-21(15-19-11-7-8-14-22(19)28-26)24(25(31)27-20-12-5-2-6-13-20)29(23)16-18-9-3-1-4-10-18/h1,3-4,7-11,14-15,20,24H,2,5-6,12-13,16-17H2,(H,27,31). The Hall–Kier alpha value is -2.86. The largest absolute Gasteiger partial charge is 0.351 e. The first-order chi connectivity index (χ1) is 15.7. The average molecular weight is 446 g/mol. The van der Waals surface area contributed by atoms with Crippen molar-refractivity contribution in [3.8, 4) is 0 Å². The van der Waals surface area contributed by atoms with Gasteiger partial charge < -0.3 is 10.2 Å². The fourth-order valence-corrected chi connectivity index (χ4v) is 5.65. The molecule has 3 aromatic rings. The molecule has 0 bridgehead atoms. The highest BCUT2D eigenvalue weighted by atomic mass is 32.2. The number of fused-ring (bicyclic) bond motifs is 2. The van der Waals surface area contributed by atoms with Crippen molar-refractivity contribution in [1.29, 1.82) is 0 Å². The lowest BCUT2D eigenvalue weighted by Gasteiger charge is -2.32. The van der Waals surface area contributed by atoms with Crippen LogP contribution in [0.5, 0.6) is 0 Å². The summed E-state index contributed by atoms with van der Waals surface area (Å²) in [5.74, 6) is 0.144. The molecule has 0 radical (unpaired) electrons. The molecule has 6 heteroatoms. The number of carbonyl (C=O) groups is 2. The topological polar surface area (TPSA) is 62.3 Å². The van der Waals surface area contributed by atoms with Crippen molar-refractivity contribution in [2.24, 2.45) is 0 Å². The second-order valence-corrected chi connectivity index (χ2v) is 9.58. The Morgan fingerprint density at radius 2 is 1.78 bits per heavy atom. The van der Waals surface area contributed by atoms with Crippen molar-refractivity contribution in [1.82, 2.24) is 15.2 Å². The van der Waals surface area contributed by atoms with Crippen LogP contribution in [0.15, 0.2) is 65.7 Å². The van der Waals surface area contributed by atoms with Crippen LogP contribution < -0.4 is 5.32 Å². The van der Waals surface area contributed by atoms with E-state index >= 15 is 0 Å². The quantitative estimate of drug-likeness (QED) is 0.623. The molecule has 1 aromatic heterocycles. The Kier molecular flexibility index (Phi) is 6.12. The van der Waals surface area contributed by atoms with Crippen LogP contribution in [-0.4, -0.2) is 33.5 Å². The first-order valence-electron chi connectivity index (χ1n) is 11.4. The molecule has 1 aliphatic carbocycles. The van der Waals surface area contributed by atoms with E-state index in [9.17, 15) is 9.59 Å². The van der Waals surface area contributed by atoms with Crippen LogP contribution in [-0.2, 0) is 16.1 Å². The summed E-state index contributed by atoms with van der Waals surface area (Å²) in [7, 11) is 0. The van der Waals surface area contributed by atoms with Crippen molar-refractivity contribution in [2.75, 3.05) is 5.75 Å². The first kappa shape index (κ1) is 21.0. The number of hydrogen-bond donors (Lipinski definition) is 1. The molecular weight excluding hydrogens is 418 g/mol. The minimum atomic E-state index is -0.688. The minimum Gasteiger partial charge on any atom is -0.351 e. The van der Waals surface area contributed by atoms with Gasteiger partial charge in [-0.1, -0.05) is 79.6 Å². The number of hydrogen-bond acceptors (Lipinski definition) is 4. The maximum absolute atomic E-state index is 13.7. The van der Waals surface area contributed by atoms with Gasteiger partial charge >= 0.3 is 0 Å². The van der Waals surface area contributed by atoms with Crippen LogP contribution in [0.2, 0.25) is 0 Å². The lowest BCUT2D eigenvalue weighted by molar-refractivity contribution is -0.140. The summed E-state index contributed by atoms with van der Waals surface area (Å²) in [6, 6.07) is 19.4. The molecule has 1 saturated carbocycles. The molecular formula is C26H27N3O2S. The fraction of sp³-hybridized carbons (Fsp3) is 0.346. The number of pyridine rings is 1. The number of amides is 2. The zero-order valence-corrected chi connectivity index (χ0v) is 18.8. The van der Waals surface area contributed by atoms with Crippen molar-refractivity contribution in [3.63, 3.8) is 0 Å². The number of nitrogens with zero attached hydrogens (tertiary/aromatic N) is 2. The molecule has 2 heterocycles. The Labute approximate surface area is 192 Å². The molecule has 1 fully saturated rings. The van der Waals surface area contributed by atoms with E-state index in [0.29, 0.717) is 6.54 Å². The Morgan fingerprint density at radius 1 is 1.03 bits per heavy atom. The molecule has 1 aliphatic heterocycles. The summed E-state index contributed by atoms with van der Waals surface area (Å²) in [4.78, 5) is 33.6. The summed E-state index contributed by atoms with van der Waals surface area (Å²) in [6.45, 7) is 0.398. The second-order valence-electron chi connectivity index (χ2n) is 8.62. The van der Waals surface area contributed by atoms with Gasteiger partial charge in [0.15, 0.2) is 0 Å². The van der Waals surface area contributed by atoms with Crippen LogP contribution in [0.1, 0.15) is 49.3 Å². The van der Waals surface area contributed by atoms with Gasteiger partial charge in [-0.15, -0.1) is 0 Å². The van der Waals surface area contributed by atoms with Crippen LogP contribution in [0, 0.1) is 0 Å². The maximum Gasteiger partial charge on any atom is 0.247 e. The zero-order chi connectivity index (χ0) is 21.9. The average Bonchev–Trinajstić information content (AvgIpc) is 2.95. The number of carbonyl (C=O) groups excluding carboxylic acids is 2. The summed E-state index contributed by atoms with van der Waals surface area (Å²) in [5.41, 5.74) is 2.72. The Morgan fingerprint density at radius 3 is 2.59 bits per heavy atom. The van der Waals surface area contributed by atoms with Crippen molar-refractivity contribution in [3.05, 3.63) is 71.8 Å². The van der Waals surface area contributed by atoms with Gasteiger partial charge in [0, 0.05) is 23.5 Å². The van der Waals surface area contributed by atoms with Gasteiger partial charge in [-0.2, -0.15) is 0 Å². The normalized spacial score (nSPS) is 19.4. The van der Waals surface area contributed by atoms with Gasteiger partial charge in [0.05, 0.1) is 11.3 Å². The summed E-state index contributed by atoms with van der Waals surface area (Å²) < 4.78 is 0. The van der Waals surface area contributed by atoms with Crippen LogP contribution in [0.4, 0.5) is 0 Å². The molecule has 1 N–H and O–H groups in total. The molecule has 32 heavy (non-hydrogen) atoms. The van der Waals surface area contributed by atoms with Crippen molar-refractivity contribution in [2.45, 2.75) is 55.8 Å². The second kappa shape index (κ2) is 9.33. The Balaban J connectivity index is 1.57. The smallest absolute Gasteiger partial charge is 0.247 e. The number of thioether (sulfide) groups is 1. The third-order valence-corrected chi connectivity index (χ3v) is 7.36. The molecule has 1 unspecified atom stereocenters. The molecule has 1 atom stereocenters. The SMILES string of the molecule is O=C(NC1CCCCC1)C1c2cc3ccccc3nc2SCC(=O)N1Cc1ccccc1. The number of para-hydroxylation sites is 1. The lowest BCUT2D eigenvalue weighted by Crippen LogP contribution is -2.46. The van der Waals surface area contributed by atoms with E-state index in [1.165, 1.54) is 18.2 Å². The van der Waals surface area contributed by atoms with E-state index in [0.717, 1.165) is 52.7 Å². The van der Waals surface area contributed by atoms with Crippen molar-refractivity contribution < 1.29 is 9.59 Å². The molecule has 2 aliphatic rings. The van der Waals surface area contributed by atoms with E-state index in [1.807, 2.05) is 60.7 Å².